The Morgan fingerprint density at radius 3 is 2.55 bits per heavy atom. The predicted octanol–water partition coefficient (Wildman–Crippen LogP) is 5.23. The van der Waals surface area contributed by atoms with Crippen LogP contribution in [0.2, 0.25) is 5.02 Å². The van der Waals surface area contributed by atoms with E-state index in [1.165, 1.54) is 31.1 Å². The number of anilines is 1. The molecular formula is C38H56ClN3O10S. The summed E-state index contributed by atoms with van der Waals surface area (Å²) < 4.78 is 29.0. The molecular weight excluding hydrogens is 726 g/mol. The van der Waals surface area contributed by atoms with Crippen LogP contribution in [-0.2, 0) is 39.8 Å². The lowest BCUT2D eigenvalue weighted by molar-refractivity contribution is -0.162. The number of rotatable bonds is 8. The summed E-state index contributed by atoms with van der Waals surface area (Å²) in [6.45, 7) is 10.9. The van der Waals surface area contributed by atoms with Crippen molar-refractivity contribution >= 4 is 53.8 Å². The topological polar surface area (TPSA) is 156 Å². The summed E-state index contributed by atoms with van der Waals surface area (Å²) in [6.07, 6.45) is -0.265. The molecule has 1 aromatic rings. The zero-order valence-electron chi connectivity index (χ0n) is 32.5. The quantitative estimate of drug-likeness (QED) is 0.138. The maximum atomic E-state index is 14.1. The highest BCUT2D eigenvalue weighted by molar-refractivity contribution is 7.81. The molecule has 1 unspecified atom stereocenters. The van der Waals surface area contributed by atoms with E-state index >= 15 is 0 Å². The van der Waals surface area contributed by atoms with E-state index < -0.39 is 65.7 Å². The Hall–Kier alpha value is -3.04. The fourth-order valence-corrected chi connectivity index (χ4v) is 7.55. The Kier molecular flexibility index (Phi) is 13.5. The number of amides is 3. The van der Waals surface area contributed by atoms with Gasteiger partial charge in [-0.2, -0.15) is 12.6 Å². The molecule has 2 saturated heterocycles. The van der Waals surface area contributed by atoms with Gasteiger partial charge in [-0.15, -0.1) is 0 Å². The lowest BCUT2D eigenvalue weighted by Gasteiger charge is -2.43. The Labute approximate surface area is 323 Å². The SMILES string of the molecule is COc1cc2cc(c1Cl)N(C)C(=O)C[C@H](OC(=O)[C@H](C)N(C)C(=O)CCC(C)(C)S)[C@]1(C)O[C@H]1[C@H](C)C1C[C@@](O)(NC(=O)O1)[C@H](OC)CC/C=C(\C)C2. The van der Waals surface area contributed by atoms with Crippen LogP contribution < -0.4 is 15.0 Å². The van der Waals surface area contributed by atoms with Gasteiger partial charge in [0.15, 0.2) is 5.72 Å². The van der Waals surface area contributed by atoms with Gasteiger partial charge >= 0.3 is 12.1 Å². The van der Waals surface area contributed by atoms with Crippen LogP contribution in [-0.4, -0.2) is 109 Å². The number of nitrogens with zero attached hydrogens (tertiary/aromatic N) is 2. The number of hydrogen-bond donors (Lipinski definition) is 3. The van der Waals surface area contributed by atoms with Gasteiger partial charge < -0.3 is 38.6 Å². The molecule has 2 fully saturated rings. The van der Waals surface area contributed by atoms with Crippen LogP contribution in [0.4, 0.5) is 10.5 Å². The highest BCUT2D eigenvalue weighted by Crippen LogP contribution is 2.49. The number of alkyl carbamates (subject to hydrolysis) is 1. The van der Waals surface area contributed by atoms with E-state index in [1.807, 2.05) is 45.9 Å². The van der Waals surface area contributed by atoms with Gasteiger partial charge in [-0.3, -0.25) is 14.9 Å². The molecule has 2 N–H and O–H groups in total. The summed E-state index contributed by atoms with van der Waals surface area (Å²) in [6, 6.07) is 2.65. The minimum Gasteiger partial charge on any atom is -0.495 e. The molecule has 53 heavy (non-hydrogen) atoms. The number of esters is 1. The average Bonchev–Trinajstić information content (AvgIpc) is 3.78. The van der Waals surface area contributed by atoms with Gasteiger partial charge in [-0.1, -0.05) is 44.0 Å². The van der Waals surface area contributed by atoms with Crippen LogP contribution in [0.1, 0.15) is 85.6 Å². The van der Waals surface area contributed by atoms with Crippen LogP contribution in [0.15, 0.2) is 23.8 Å². The lowest BCUT2D eigenvalue weighted by atomic mass is 9.83. The van der Waals surface area contributed by atoms with E-state index in [2.05, 4.69) is 17.9 Å². The summed E-state index contributed by atoms with van der Waals surface area (Å²) >= 11 is 11.3. The highest BCUT2D eigenvalue weighted by Gasteiger charge is 2.64. The van der Waals surface area contributed by atoms with Crippen molar-refractivity contribution in [3.63, 3.8) is 0 Å². The third kappa shape index (κ3) is 9.99. The number of carbonyl (C=O) groups is 4. The van der Waals surface area contributed by atoms with E-state index in [0.717, 1.165) is 11.1 Å². The molecule has 0 radical (unpaired) electrons. The molecule has 4 rings (SSSR count). The van der Waals surface area contributed by atoms with Crippen LogP contribution in [0.25, 0.3) is 0 Å². The number of ether oxygens (including phenoxy) is 5. The molecule has 13 nitrogen and oxygen atoms in total. The van der Waals surface area contributed by atoms with Gasteiger partial charge in [0.25, 0.3) is 0 Å². The lowest BCUT2D eigenvalue weighted by Crippen LogP contribution is -2.64. The number of fused-ring (bicyclic) bond motifs is 5. The van der Waals surface area contributed by atoms with Gasteiger partial charge in [0.1, 0.15) is 40.7 Å². The van der Waals surface area contributed by atoms with Gasteiger partial charge in [-0.05, 0) is 64.2 Å². The first kappa shape index (κ1) is 42.7. The molecule has 4 bridgehead atoms. The molecule has 0 aliphatic carbocycles. The summed E-state index contributed by atoms with van der Waals surface area (Å²) in [4.78, 5) is 56.5. The monoisotopic (exact) mass is 781 g/mol. The Balaban J connectivity index is 1.72. The molecule has 3 aliphatic heterocycles. The van der Waals surface area contributed by atoms with Crippen LogP contribution in [0.5, 0.6) is 5.75 Å². The number of likely N-dealkylation sites (N-methyl/N-ethyl adjacent to an activating group) is 1. The number of allylic oxidation sites excluding steroid dienone is 2. The van der Waals surface area contributed by atoms with E-state index in [1.54, 1.807) is 20.9 Å². The van der Waals surface area contributed by atoms with Gasteiger partial charge in [0, 0.05) is 44.7 Å². The normalized spacial score (nSPS) is 31.2. The molecule has 8 atom stereocenters. The van der Waals surface area contributed by atoms with Crippen molar-refractivity contribution in [3.05, 3.63) is 34.4 Å². The number of aliphatic hydroxyl groups is 1. The summed E-state index contributed by atoms with van der Waals surface area (Å²) in [7, 11) is 6.10. The molecule has 0 spiro atoms. The van der Waals surface area contributed by atoms with Crippen LogP contribution >= 0.6 is 24.2 Å². The summed E-state index contributed by atoms with van der Waals surface area (Å²) in [5, 5.41) is 14.6. The van der Waals surface area contributed by atoms with Crippen LogP contribution in [0.3, 0.4) is 0 Å². The minimum atomic E-state index is -1.74. The molecule has 3 heterocycles. The van der Waals surface area contributed by atoms with Crippen LogP contribution in [0, 0.1) is 5.92 Å². The second-order valence-corrected chi connectivity index (χ2v) is 17.1. The predicted molar refractivity (Wildman–Crippen MR) is 203 cm³/mol. The molecule has 0 saturated carbocycles. The zero-order chi connectivity index (χ0) is 39.6. The standard InChI is InChI=1S/C38H56ClN3O10S/c1-21-12-11-13-28(49-10)38(47)20-27(50-35(46)40-38)22(2)33-37(6,52-33)29(51-34(45)23(3)41(7)30(43)14-15-36(4,5)53)19-31(44)42(8)25-17-24(16-21)18-26(48-9)32(25)39/h12,17-18,22-23,27-29,33,47,53H,11,13-16,19-20H2,1-10H3,(H,40,46)/b21-12+/t22-,23+,27?,28-,29+,33+,37+,38+/m1/s1. The number of thiol groups is 1. The van der Waals surface area contributed by atoms with Crippen molar-refractivity contribution in [2.45, 2.75) is 133 Å². The van der Waals surface area contributed by atoms with Crippen molar-refractivity contribution < 1.29 is 48.0 Å². The number of methoxy groups -OCH3 is 2. The second kappa shape index (κ2) is 16.8. The Morgan fingerprint density at radius 2 is 1.92 bits per heavy atom. The maximum Gasteiger partial charge on any atom is 0.409 e. The molecule has 296 valence electrons. The van der Waals surface area contributed by atoms with Crippen molar-refractivity contribution in [2.75, 3.05) is 33.2 Å². The number of nitrogens with one attached hydrogen (secondary N) is 1. The largest absolute Gasteiger partial charge is 0.495 e. The fourth-order valence-electron chi connectivity index (χ4n) is 7.12. The first-order chi connectivity index (χ1) is 24.6. The van der Waals surface area contributed by atoms with E-state index in [4.69, 9.17) is 35.3 Å². The molecule has 3 aliphatic rings. The number of carbonyl (C=O) groups excluding carboxylic acids is 4. The second-order valence-electron chi connectivity index (χ2n) is 15.5. The smallest absolute Gasteiger partial charge is 0.409 e. The van der Waals surface area contributed by atoms with Gasteiger partial charge in [-0.25, -0.2) is 9.59 Å². The summed E-state index contributed by atoms with van der Waals surface area (Å²) in [5.41, 5.74) is -0.677. The third-order valence-corrected chi connectivity index (χ3v) is 11.4. The number of halogens is 1. The average molecular weight is 782 g/mol. The van der Waals surface area contributed by atoms with E-state index in [-0.39, 0.29) is 34.9 Å². The fraction of sp³-hybridized carbons (Fsp3) is 0.684. The van der Waals surface area contributed by atoms with E-state index in [9.17, 15) is 24.3 Å². The first-order valence-corrected chi connectivity index (χ1v) is 18.9. The molecule has 1 aromatic carbocycles. The van der Waals surface area contributed by atoms with Crippen molar-refractivity contribution in [1.82, 2.24) is 10.2 Å². The van der Waals surface area contributed by atoms with Gasteiger partial charge in [0.05, 0.1) is 25.3 Å². The Morgan fingerprint density at radius 1 is 1.25 bits per heavy atom. The molecule has 3 amide bonds. The highest BCUT2D eigenvalue weighted by atomic mass is 35.5. The Bertz CT molecular complexity index is 1590. The summed E-state index contributed by atoms with van der Waals surface area (Å²) in [5.74, 6) is -1.51. The molecule has 15 heteroatoms. The number of hydrogen-bond acceptors (Lipinski definition) is 11. The molecule has 0 aromatic heterocycles. The first-order valence-electron chi connectivity index (χ1n) is 18.0. The maximum absolute atomic E-state index is 14.1. The minimum absolute atomic E-state index is 0.000329. The number of epoxide rings is 1. The van der Waals surface area contributed by atoms with Gasteiger partial charge in [0.2, 0.25) is 11.8 Å². The zero-order valence-corrected chi connectivity index (χ0v) is 34.1. The third-order valence-electron chi connectivity index (χ3n) is 10.8. The number of benzene rings is 1. The van der Waals surface area contributed by atoms with E-state index in [0.29, 0.717) is 37.1 Å². The van der Waals surface area contributed by atoms with Crippen molar-refractivity contribution in [2.24, 2.45) is 5.92 Å². The van der Waals surface area contributed by atoms with Crippen molar-refractivity contribution in [3.8, 4) is 5.75 Å². The van der Waals surface area contributed by atoms with Crippen molar-refractivity contribution in [1.29, 1.82) is 0 Å².